The molecule has 45 heavy (non-hydrogen) atoms. The smallest absolute Gasteiger partial charge is 0.410 e. The minimum absolute atomic E-state index is 0.0631. The third-order valence-corrected chi connectivity index (χ3v) is 9.94. The molecule has 2 atom stereocenters. The number of nitrogens with one attached hydrogen (secondary N) is 1. The minimum atomic E-state index is -1.03. The van der Waals surface area contributed by atoms with Crippen LogP contribution in [0, 0.1) is 0 Å². The van der Waals surface area contributed by atoms with E-state index in [1.54, 1.807) is 17.0 Å². The van der Waals surface area contributed by atoms with Gasteiger partial charge in [-0.25, -0.2) is 4.79 Å². The minimum Gasteiger partial charge on any atom is -0.444 e. The predicted octanol–water partition coefficient (Wildman–Crippen LogP) is 3.20. The lowest BCUT2D eigenvalue weighted by atomic mass is 9.86. The van der Waals surface area contributed by atoms with E-state index < -0.39 is 35.3 Å². The van der Waals surface area contributed by atoms with E-state index in [1.165, 1.54) is 0 Å². The normalized spacial score (nSPS) is 28.2. The van der Waals surface area contributed by atoms with E-state index in [4.69, 9.17) is 21.1 Å². The number of piperazine rings is 1. The lowest BCUT2D eigenvalue weighted by Gasteiger charge is -2.50. The first-order valence-electron chi connectivity index (χ1n) is 16.0. The first-order chi connectivity index (χ1) is 21.3. The summed E-state index contributed by atoms with van der Waals surface area (Å²) in [5.74, 6) is -2.22. The zero-order chi connectivity index (χ0) is 32.2. The number of hydrogen-bond acceptors (Lipinski definition) is 9. The van der Waals surface area contributed by atoms with Gasteiger partial charge in [0.15, 0.2) is 0 Å². The van der Waals surface area contributed by atoms with E-state index in [2.05, 4.69) is 22.0 Å². The van der Waals surface area contributed by atoms with Crippen LogP contribution in [0.4, 0.5) is 10.5 Å². The van der Waals surface area contributed by atoms with E-state index in [1.807, 2.05) is 20.8 Å². The molecule has 1 N–H and O–H groups in total. The molecule has 1 aromatic carbocycles. The average molecular weight is 644 g/mol. The fourth-order valence-electron chi connectivity index (χ4n) is 7.12. The Morgan fingerprint density at radius 3 is 2.31 bits per heavy atom. The Hall–Kier alpha value is -3.22. The van der Waals surface area contributed by atoms with Gasteiger partial charge in [0.25, 0.3) is 11.8 Å². The van der Waals surface area contributed by atoms with Crippen LogP contribution in [-0.2, 0) is 19.1 Å². The van der Waals surface area contributed by atoms with Crippen molar-refractivity contribution in [1.29, 1.82) is 0 Å². The summed E-state index contributed by atoms with van der Waals surface area (Å²) in [6.45, 7) is 11.4. The summed E-state index contributed by atoms with van der Waals surface area (Å²) in [6, 6.07) is 2.93. The van der Waals surface area contributed by atoms with Gasteiger partial charge in [0.2, 0.25) is 11.8 Å². The van der Waals surface area contributed by atoms with Crippen molar-refractivity contribution in [3.8, 4) is 0 Å². The number of amides is 5. The molecule has 13 heteroatoms. The number of hydrogen-bond donors (Lipinski definition) is 1. The van der Waals surface area contributed by atoms with Gasteiger partial charge < -0.3 is 19.3 Å². The Labute approximate surface area is 268 Å². The van der Waals surface area contributed by atoms with E-state index in [9.17, 15) is 24.0 Å². The lowest BCUT2D eigenvalue weighted by Crippen LogP contribution is -2.59. The molecule has 6 rings (SSSR count). The van der Waals surface area contributed by atoms with Crippen LogP contribution < -0.4 is 10.2 Å². The van der Waals surface area contributed by atoms with Crippen LogP contribution in [0.1, 0.15) is 86.9 Å². The molecule has 5 amide bonds. The summed E-state index contributed by atoms with van der Waals surface area (Å²) in [5.41, 5.74) is 0.499. The monoisotopic (exact) mass is 643 g/mol. The third kappa shape index (κ3) is 6.29. The molecule has 1 saturated carbocycles. The molecule has 0 radical (unpaired) electrons. The summed E-state index contributed by atoms with van der Waals surface area (Å²) >= 11 is 6.83. The average Bonchev–Trinajstić information content (AvgIpc) is 3.20. The molecule has 244 valence electrons. The highest BCUT2D eigenvalue weighted by molar-refractivity contribution is 6.39. The van der Waals surface area contributed by atoms with Gasteiger partial charge in [-0.05, 0) is 71.9 Å². The Morgan fingerprint density at radius 2 is 1.67 bits per heavy atom. The molecule has 5 aliphatic rings. The van der Waals surface area contributed by atoms with Crippen molar-refractivity contribution in [2.24, 2.45) is 0 Å². The second-order valence-corrected chi connectivity index (χ2v) is 14.2. The van der Waals surface area contributed by atoms with Crippen LogP contribution in [-0.4, -0.2) is 113 Å². The number of halogens is 1. The molecular weight excluding hydrogens is 602 g/mol. The van der Waals surface area contributed by atoms with Gasteiger partial charge in [-0.2, -0.15) is 0 Å². The standard InChI is InChI=1S/C32H42ClN5O7/c1-18-17-36(19-15-21(16-19)44-20-9-11-35(12-10-20)31(43)45-32(2,3)4)13-14-37(18)23-6-5-22-26(27(23)33)30(42)38(29(22)41)24-7-8-25(39)34-28(24)40/h5-6,18-21,24H,7-17H2,1-4H3,(H,34,39,40)/t18-,19?,21?,24-/m1/s1. The zero-order valence-electron chi connectivity index (χ0n) is 26.3. The van der Waals surface area contributed by atoms with Gasteiger partial charge in [-0.1, -0.05) is 11.6 Å². The Morgan fingerprint density at radius 1 is 0.956 bits per heavy atom. The van der Waals surface area contributed by atoms with Gasteiger partial charge in [0.1, 0.15) is 11.6 Å². The number of piperidine rings is 2. The number of likely N-dealkylation sites (tertiary alicyclic amines) is 1. The van der Waals surface area contributed by atoms with Gasteiger partial charge >= 0.3 is 6.09 Å². The highest BCUT2D eigenvalue weighted by Crippen LogP contribution is 2.40. The van der Waals surface area contributed by atoms with Crippen LogP contribution in [0.25, 0.3) is 0 Å². The molecule has 1 aliphatic carbocycles. The Kier molecular flexibility index (Phi) is 8.60. The number of rotatable bonds is 5. The van der Waals surface area contributed by atoms with E-state index in [0.717, 1.165) is 43.7 Å². The van der Waals surface area contributed by atoms with Crippen LogP contribution in [0.5, 0.6) is 0 Å². The molecule has 1 aromatic rings. The number of nitrogens with zero attached hydrogens (tertiary/aromatic N) is 4. The fraction of sp³-hybridized carbons (Fsp3) is 0.656. The number of imide groups is 2. The van der Waals surface area contributed by atoms with Crippen molar-refractivity contribution in [1.82, 2.24) is 20.0 Å². The summed E-state index contributed by atoms with van der Waals surface area (Å²) in [6.07, 6.45) is 3.88. The first-order valence-corrected chi connectivity index (χ1v) is 16.4. The van der Waals surface area contributed by atoms with Gasteiger partial charge in [0.05, 0.1) is 34.0 Å². The van der Waals surface area contributed by atoms with E-state index >= 15 is 0 Å². The van der Waals surface area contributed by atoms with Gasteiger partial charge in [-0.3, -0.25) is 34.3 Å². The number of carbonyl (C=O) groups is 5. The molecule has 4 heterocycles. The SMILES string of the molecule is C[C@@H]1CN(C2CC(OC3CCN(C(=O)OC(C)(C)C)CC3)C2)CCN1c1ccc2c(c1Cl)C(=O)N([C@@H]1CCC(=O)NC1=O)C2=O. The van der Waals surface area contributed by atoms with Crippen molar-refractivity contribution in [2.75, 3.05) is 37.6 Å². The third-order valence-electron chi connectivity index (χ3n) is 9.56. The number of carbonyl (C=O) groups excluding carboxylic acids is 5. The highest BCUT2D eigenvalue weighted by Gasteiger charge is 2.47. The van der Waals surface area contributed by atoms with Crippen LogP contribution in [0.2, 0.25) is 5.02 Å². The largest absolute Gasteiger partial charge is 0.444 e. The highest BCUT2D eigenvalue weighted by atomic mass is 35.5. The van der Waals surface area contributed by atoms with Crippen LogP contribution in [0.15, 0.2) is 12.1 Å². The van der Waals surface area contributed by atoms with Crippen molar-refractivity contribution in [3.63, 3.8) is 0 Å². The number of benzene rings is 1. The molecule has 12 nitrogen and oxygen atoms in total. The van der Waals surface area contributed by atoms with Gasteiger partial charge in [-0.15, -0.1) is 0 Å². The maximum absolute atomic E-state index is 13.4. The molecule has 0 aromatic heterocycles. The maximum atomic E-state index is 13.4. The van der Waals surface area contributed by atoms with E-state index in [-0.39, 0.29) is 53.3 Å². The van der Waals surface area contributed by atoms with Crippen molar-refractivity contribution in [2.45, 2.75) is 102 Å². The Bertz CT molecular complexity index is 1400. The second-order valence-electron chi connectivity index (χ2n) is 13.9. The number of ether oxygens (including phenoxy) is 2. The van der Waals surface area contributed by atoms with E-state index in [0.29, 0.717) is 31.4 Å². The molecule has 0 bridgehead atoms. The van der Waals surface area contributed by atoms with Crippen LogP contribution in [0.3, 0.4) is 0 Å². The summed E-state index contributed by atoms with van der Waals surface area (Å²) in [7, 11) is 0. The van der Waals surface area contributed by atoms with Crippen molar-refractivity contribution >= 4 is 47.0 Å². The second kappa shape index (κ2) is 12.2. The Balaban J connectivity index is 1.00. The van der Waals surface area contributed by atoms with Crippen molar-refractivity contribution < 1.29 is 33.4 Å². The van der Waals surface area contributed by atoms with Gasteiger partial charge in [0, 0.05) is 51.2 Å². The lowest BCUT2D eigenvalue weighted by molar-refractivity contribution is -0.136. The summed E-state index contributed by atoms with van der Waals surface area (Å²) in [4.78, 5) is 70.4. The van der Waals surface area contributed by atoms with Crippen molar-refractivity contribution in [3.05, 3.63) is 28.3 Å². The maximum Gasteiger partial charge on any atom is 0.410 e. The summed E-state index contributed by atoms with van der Waals surface area (Å²) in [5, 5.41) is 2.44. The number of fused-ring (bicyclic) bond motifs is 1. The summed E-state index contributed by atoms with van der Waals surface area (Å²) < 4.78 is 11.9. The molecule has 4 aliphatic heterocycles. The first kappa shape index (κ1) is 31.7. The topological polar surface area (TPSA) is 129 Å². The molecule has 4 fully saturated rings. The van der Waals surface area contributed by atoms with Crippen LogP contribution >= 0.6 is 11.6 Å². The molecule has 0 spiro atoms. The molecule has 0 unspecified atom stereocenters. The zero-order valence-corrected chi connectivity index (χ0v) is 27.1. The quantitative estimate of drug-likeness (QED) is 0.481. The number of anilines is 1. The molecule has 3 saturated heterocycles. The molecular formula is C32H42ClN5O7. The predicted molar refractivity (Wildman–Crippen MR) is 165 cm³/mol. The fourth-order valence-corrected chi connectivity index (χ4v) is 7.48.